The molecule has 5 nitrogen and oxygen atoms in total. The maximum absolute atomic E-state index is 12.0. The van der Waals surface area contributed by atoms with Crippen LogP contribution in [-0.4, -0.2) is 47.0 Å². The zero-order chi connectivity index (χ0) is 14.8. The van der Waals surface area contributed by atoms with E-state index >= 15 is 0 Å². The Labute approximate surface area is 124 Å². The average molecular weight is 285 g/mol. The topological polar surface area (TPSA) is 49.6 Å². The van der Waals surface area contributed by atoms with E-state index in [1.807, 2.05) is 50.4 Å². The summed E-state index contributed by atoms with van der Waals surface area (Å²) in [5.74, 6) is 0.923. The van der Waals surface area contributed by atoms with Crippen molar-refractivity contribution in [1.82, 2.24) is 15.0 Å². The van der Waals surface area contributed by atoms with Crippen LogP contribution in [0.4, 0.5) is 0 Å². The molecule has 0 bridgehead atoms. The van der Waals surface area contributed by atoms with Crippen molar-refractivity contribution in [3.8, 4) is 11.3 Å². The minimum atomic E-state index is -0.111. The SMILES string of the molecule is CC1C(=O)N(C)CCN1Cc1cc(-c2ccccc2)on1. The van der Waals surface area contributed by atoms with Crippen LogP contribution in [0.15, 0.2) is 40.9 Å². The van der Waals surface area contributed by atoms with E-state index in [9.17, 15) is 4.79 Å². The summed E-state index contributed by atoms with van der Waals surface area (Å²) in [6.07, 6.45) is 0. The average Bonchev–Trinajstić information content (AvgIpc) is 2.97. The van der Waals surface area contributed by atoms with Gasteiger partial charge in [-0.3, -0.25) is 9.69 Å². The fourth-order valence-corrected chi connectivity index (χ4v) is 2.61. The standard InChI is InChI=1S/C16H19N3O2/c1-12-16(20)18(2)8-9-19(12)11-14-10-15(21-17-14)13-6-4-3-5-7-13/h3-7,10,12H,8-9,11H2,1-2H3. The molecule has 2 heterocycles. The van der Waals surface area contributed by atoms with Gasteiger partial charge in [0, 0.05) is 38.3 Å². The Bertz CT molecular complexity index is 623. The smallest absolute Gasteiger partial charge is 0.239 e. The van der Waals surface area contributed by atoms with E-state index < -0.39 is 0 Å². The zero-order valence-corrected chi connectivity index (χ0v) is 12.3. The molecule has 110 valence electrons. The van der Waals surface area contributed by atoms with E-state index in [0.29, 0.717) is 6.54 Å². The molecule has 0 radical (unpaired) electrons. The second-order valence-electron chi connectivity index (χ2n) is 5.45. The summed E-state index contributed by atoms with van der Waals surface area (Å²) >= 11 is 0. The highest BCUT2D eigenvalue weighted by Gasteiger charge is 2.29. The monoisotopic (exact) mass is 285 g/mol. The van der Waals surface area contributed by atoms with Crippen LogP contribution in [0.5, 0.6) is 0 Å². The summed E-state index contributed by atoms with van der Waals surface area (Å²) in [5, 5.41) is 4.12. The number of carbonyl (C=O) groups is 1. The third-order valence-corrected chi connectivity index (χ3v) is 3.99. The van der Waals surface area contributed by atoms with Crippen LogP contribution in [-0.2, 0) is 11.3 Å². The first-order valence-electron chi connectivity index (χ1n) is 7.15. The van der Waals surface area contributed by atoms with Crippen molar-refractivity contribution >= 4 is 5.91 Å². The minimum absolute atomic E-state index is 0.111. The highest BCUT2D eigenvalue weighted by Crippen LogP contribution is 2.21. The van der Waals surface area contributed by atoms with E-state index in [0.717, 1.165) is 30.1 Å². The van der Waals surface area contributed by atoms with Gasteiger partial charge in [-0.1, -0.05) is 35.5 Å². The molecule has 0 aliphatic carbocycles. The molecule has 1 aliphatic rings. The van der Waals surface area contributed by atoms with Crippen molar-refractivity contribution < 1.29 is 9.32 Å². The first kappa shape index (κ1) is 13.8. The first-order valence-corrected chi connectivity index (χ1v) is 7.15. The minimum Gasteiger partial charge on any atom is -0.356 e. The van der Waals surface area contributed by atoms with Crippen LogP contribution in [0, 0.1) is 0 Å². The summed E-state index contributed by atoms with van der Waals surface area (Å²) in [6.45, 7) is 4.19. The zero-order valence-electron chi connectivity index (χ0n) is 12.3. The van der Waals surface area contributed by atoms with Gasteiger partial charge in [-0.2, -0.15) is 0 Å². The maximum atomic E-state index is 12.0. The molecule has 1 amide bonds. The van der Waals surface area contributed by atoms with Crippen molar-refractivity contribution in [2.24, 2.45) is 0 Å². The van der Waals surface area contributed by atoms with Crippen LogP contribution in [0.1, 0.15) is 12.6 Å². The molecule has 1 aromatic carbocycles. The highest BCUT2D eigenvalue weighted by molar-refractivity contribution is 5.81. The third kappa shape index (κ3) is 2.83. The van der Waals surface area contributed by atoms with Crippen LogP contribution in [0.2, 0.25) is 0 Å². The normalized spacial score (nSPS) is 20.0. The van der Waals surface area contributed by atoms with Crippen LogP contribution >= 0.6 is 0 Å². The van der Waals surface area contributed by atoms with Gasteiger partial charge in [-0.25, -0.2) is 0 Å². The van der Waals surface area contributed by atoms with Gasteiger partial charge in [0.25, 0.3) is 0 Å². The molecule has 0 spiro atoms. The summed E-state index contributed by atoms with van der Waals surface area (Å²) in [5.41, 5.74) is 1.87. The van der Waals surface area contributed by atoms with Crippen molar-refractivity contribution in [3.63, 3.8) is 0 Å². The van der Waals surface area contributed by atoms with Gasteiger partial charge in [0.05, 0.1) is 11.7 Å². The Morgan fingerprint density at radius 1 is 1.29 bits per heavy atom. The molecule has 1 saturated heterocycles. The fourth-order valence-electron chi connectivity index (χ4n) is 2.61. The Kier molecular flexibility index (Phi) is 3.75. The van der Waals surface area contributed by atoms with E-state index in [1.54, 1.807) is 4.90 Å². The molecule has 5 heteroatoms. The van der Waals surface area contributed by atoms with Crippen molar-refractivity contribution in [2.75, 3.05) is 20.1 Å². The fraction of sp³-hybridized carbons (Fsp3) is 0.375. The molecule has 3 rings (SSSR count). The number of piperazine rings is 1. The number of nitrogens with zero attached hydrogens (tertiary/aromatic N) is 3. The summed E-state index contributed by atoms with van der Waals surface area (Å²) < 4.78 is 5.40. The molecule has 2 aromatic rings. The van der Waals surface area contributed by atoms with E-state index in [1.165, 1.54) is 0 Å². The van der Waals surface area contributed by atoms with Crippen LogP contribution < -0.4 is 0 Å². The van der Waals surface area contributed by atoms with E-state index in [-0.39, 0.29) is 11.9 Å². The number of benzene rings is 1. The number of hydrogen-bond donors (Lipinski definition) is 0. The van der Waals surface area contributed by atoms with Gasteiger partial charge in [-0.15, -0.1) is 0 Å². The Balaban J connectivity index is 1.72. The van der Waals surface area contributed by atoms with Crippen LogP contribution in [0.25, 0.3) is 11.3 Å². The molecule has 1 aromatic heterocycles. The second kappa shape index (κ2) is 5.69. The number of carbonyl (C=O) groups excluding carboxylic acids is 1. The van der Waals surface area contributed by atoms with Crippen molar-refractivity contribution in [2.45, 2.75) is 19.5 Å². The molecular formula is C16H19N3O2. The van der Waals surface area contributed by atoms with Crippen molar-refractivity contribution in [3.05, 3.63) is 42.1 Å². The number of aromatic nitrogens is 1. The van der Waals surface area contributed by atoms with Gasteiger partial charge in [-0.05, 0) is 6.92 Å². The second-order valence-corrected chi connectivity index (χ2v) is 5.45. The lowest BCUT2D eigenvalue weighted by Gasteiger charge is -2.36. The van der Waals surface area contributed by atoms with Gasteiger partial charge >= 0.3 is 0 Å². The lowest BCUT2D eigenvalue weighted by Crippen LogP contribution is -2.53. The third-order valence-electron chi connectivity index (χ3n) is 3.99. The predicted molar refractivity (Wildman–Crippen MR) is 79.4 cm³/mol. The summed E-state index contributed by atoms with van der Waals surface area (Å²) in [6, 6.07) is 11.7. The van der Waals surface area contributed by atoms with Gasteiger partial charge < -0.3 is 9.42 Å². The molecule has 1 fully saturated rings. The lowest BCUT2D eigenvalue weighted by molar-refractivity contribution is -0.139. The Morgan fingerprint density at radius 3 is 2.81 bits per heavy atom. The van der Waals surface area contributed by atoms with Crippen LogP contribution in [0.3, 0.4) is 0 Å². The number of amides is 1. The van der Waals surface area contributed by atoms with E-state index in [2.05, 4.69) is 10.1 Å². The molecule has 1 unspecified atom stereocenters. The largest absolute Gasteiger partial charge is 0.356 e. The van der Waals surface area contributed by atoms with E-state index in [4.69, 9.17) is 4.52 Å². The predicted octanol–water partition coefficient (Wildman–Crippen LogP) is 2.00. The molecule has 21 heavy (non-hydrogen) atoms. The molecule has 1 aliphatic heterocycles. The Morgan fingerprint density at radius 2 is 2.05 bits per heavy atom. The summed E-state index contributed by atoms with van der Waals surface area (Å²) in [7, 11) is 1.85. The molecule has 1 atom stereocenters. The lowest BCUT2D eigenvalue weighted by atomic mass is 10.1. The quantitative estimate of drug-likeness (QED) is 0.865. The van der Waals surface area contributed by atoms with Gasteiger partial charge in [0.2, 0.25) is 5.91 Å². The highest BCUT2D eigenvalue weighted by atomic mass is 16.5. The Hall–Kier alpha value is -2.14. The van der Waals surface area contributed by atoms with Crippen molar-refractivity contribution in [1.29, 1.82) is 0 Å². The van der Waals surface area contributed by atoms with Gasteiger partial charge in [0.15, 0.2) is 5.76 Å². The number of rotatable bonds is 3. The molecule has 0 saturated carbocycles. The first-order chi connectivity index (χ1) is 10.1. The van der Waals surface area contributed by atoms with Gasteiger partial charge in [0.1, 0.15) is 0 Å². The summed E-state index contributed by atoms with van der Waals surface area (Å²) in [4.78, 5) is 15.9. The maximum Gasteiger partial charge on any atom is 0.239 e. The molecule has 0 N–H and O–H groups in total. The number of likely N-dealkylation sites (N-methyl/N-ethyl adjacent to an activating group) is 1. The number of hydrogen-bond acceptors (Lipinski definition) is 4. The molecular weight excluding hydrogens is 266 g/mol.